The quantitative estimate of drug-likeness (QED) is 0.938. The molecule has 1 aliphatic rings. The number of carbonyl (C=O) groups excluding carboxylic acids is 1. The van der Waals surface area contributed by atoms with E-state index in [0.29, 0.717) is 12.1 Å². The van der Waals surface area contributed by atoms with Crippen molar-refractivity contribution in [1.29, 1.82) is 0 Å². The summed E-state index contributed by atoms with van der Waals surface area (Å²) in [7, 11) is 0. The van der Waals surface area contributed by atoms with E-state index in [1.165, 1.54) is 0 Å². The average Bonchev–Trinajstić information content (AvgIpc) is 2.63. The molecule has 1 amide bonds. The number of hydrogen-bond donors (Lipinski definition) is 1. The Hall–Kier alpha value is -2.56. The lowest BCUT2D eigenvalue weighted by atomic mass is 9.96. The summed E-state index contributed by atoms with van der Waals surface area (Å²) in [6, 6.07) is 11.5. The third kappa shape index (κ3) is 3.67. The van der Waals surface area contributed by atoms with E-state index in [1.54, 1.807) is 18.0 Å². The summed E-state index contributed by atoms with van der Waals surface area (Å²) in [6.45, 7) is 2.73. The van der Waals surface area contributed by atoms with Gasteiger partial charge in [-0.15, -0.1) is 0 Å². The molecule has 0 unspecified atom stereocenters. The fourth-order valence-corrected chi connectivity index (χ4v) is 3.11. The van der Waals surface area contributed by atoms with Gasteiger partial charge in [0.05, 0.1) is 6.04 Å². The van der Waals surface area contributed by atoms with Crippen LogP contribution >= 0.6 is 0 Å². The molecular weight excluding hydrogens is 304 g/mol. The Morgan fingerprint density at radius 1 is 1.29 bits per heavy atom. The zero-order valence-corrected chi connectivity index (χ0v) is 13.8. The topological polar surface area (TPSA) is 62.4 Å². The van der Waals surface area contributed by atoms with Crippen molar-refractivity contribution in [1.82, 2.24) is 9.88 Å². The van der Waals surface area contributed by atoms with Gasteiger partial charge in [-0.1, -0.05) is 30.3 Å². The second kappa shape index (κ2) is 7.34. The summed E-state index contributed by atoms with van der Waals surface area (Å²) >= 11 is 0. The molecule has 24 heavy (non-hydrogen) atoms. The van der Waals surface area contributed by atoms with Crippen molar-refractivity contribution in [3.8, 4) is 0 Å². The molecule has 0 bridgehead atoms. The van der Waals surface area contributed by atoms with Crippen LogP contribution in [0.2, 0.25) is 0 Å². The molecule has 1 atom stereocenters. The first-order chi connectivity index (χ1) is 11.6. The van der Waals surface area contributed by atoms with E-state index < -0.39 is 0 Å². The third-order valence-corrected chi connectivity index (χ3v) is 4.44. The Kier molecular flexibility index (Phi) is 4.99. The van der Waals surface area contributed by atoms with Gasteiger partial charge in [0.1, 0.15) is 6.61 Å². The maximum Gasteiger partial charge on any atom is 0.410 e. The standard InChI is InChI=1S/C19H22N2O3/c1-14-11-16(12-20-18(14)22)17-9-5-6-10-21(17)19(23)24-13-15-7-3-2-4-8-15/h2-4,7-8,11-12,17H,5-6,9-10,13H2,1H3,(H,20,22)/t17-/m0/s1. The number of H-pyrrole nitrogens is 1. The third-order valence-electron chi connectivity index (χ3n) is 4.44. The molecule has 5 heteroatoms. The van der Waals surface area contributed by atoms with E-state index in [1.807, 2.05) is 36.4 Å². The van der Waals surface area contributed by atoms with Gasteiger partial charge in [0.15, 0.2) is 0 Å². The summed E-state index contributed by atoms with van der Waals surface area (Å²) < 4.78 is 5.49. The molecule has 126 valence electrons. The number of piperidine rings is 1. The first-order valence-corrected chi connectivity index (χ1v) is 8.31. The van der Waals surface area contributed by atoms with Gasteiger partial charge < -0.3 is 14.6 Å². The molecule has 5 nitrogen and oxygen atoms in total. The van der Waals surface area contributed by atoms with Crippen LogP contribution in [0.25, 0.3) is 0 Å². The summed E-state index contributed by atoms with van der Waals surface area (Å²) in [5.41, 5.74) is 2.51. The van der Waals surface area contributed by atoms with Crippen molar-refractivity contribution < 1.29 is 9.53 Å². The lowest BCUT2D eigenvalue weighted by Gasteiger charge is -2.35. The molecular formula is C19H22N2O3. The number of amides is 1. The number of carbonyl (C=O) groups is 1. The van der Waals surface area contributed by atoms with Gasteiger partial charge >= 0.3 is 6.09 Å². The highest BCUT2D eigenvalue weighted by Gasteiger charge is 2.29. The molecule has 1 aromatic carbocycles. The van der Waals surface area contributed by atoms with Gasteiger partial charge in [-0.3, -0.25) is 4.79 Å². The maximum absolute atomic E-state index is 12.5. The van der Waals surface area contributed by atoms with Crippen LogP contribution in [0.3, 0.4) is 0 Å². The number of aryl methyl sites for hydroxylation is 1. The van der Waals surface area contributed by atoms with Crippen LogP contribution in [0, 0.1) is 6.92 Å². The molecule has 0 radical (unpaired) electrons. The van der Waals surface area contributed by atoms with E-state index in [0.717, 1.165) is 30.4 Å². The molecule has 0 spiro atoms. The lowest BCUT2D eigenvalue weighted by Crippen LogP contribution is -2.39. The van der Waals surface area contributed by atoms with E-state index in [9.17, 15) is 9.59 Å². The number of pyridine rings is 1. The number of hydrogen-bond acceptors (Lipinski definition) is 3. The molecule has 1 aliphatic heterocycles. The SMILES string of the molecule is Cc1cc([C@@H]2CCCCN2C(=O)OCc2ccccc2)c[nH]c1=O. The first-order valence-electron chi connectivity index (χ1n) is 8.31. The Bertz CT molecular complexity index is 755. The molecule has 2 heterocycles. The van der Waals surface area contributed by atoms with E-state index in [4.69, 9.17) is 4.74 Å². The number of ether oxygens (including phenoxy) is 1. The van der Waals surface area contributed by atoms with Gasteiger partial charge in [0.25, 0.3) is 5.56 Å². The predicted molar refractivity (Wildman–Crippen MR) is 91.7 cm³/mol. The Labute approximate surface area is 141 Å². The van der Waals surface area contributed by atoms with Crippen LogP contribution < -0.4 is 5.56 Å². The zero-order chi connectivity index (χ0) is 16.9. The smallest absolute Gasteiger partial charge is 0.410 e. The van der Waals surface area contributed by atoms with Crippen LogP contribution in [0.4, 0.5) is 4.79 Å². The van der Waals surface area contributed by atoms with Gasteiger partial charge in [0, 0.05) is 18.3 Å². The monoisotopic (exact) mass is 326 g/mol. The highest BCUT2D eigenvalue weighted by molar-refractivity contribution is 5.68. The number of likely N-dealkylation sites (tertiary alicyclic amines) is 1. The highest BCUT2D eigenvalue weighted by Crippen LogP contribution is 2.31. The molecule has 3 rings (SSSR count). The number of nitrogens with zero attached hydrogens (tertiary/aromatic N) is 1. The molecule has 0 saturated carbocycles. The van der Waals surface area contributed by atoms with Crippen LogP contribution in [-0.2, 0) is 11.3 Å². The Morgan fingerprint density at radius 2 is 2.08 bits per heavy atom. The lowest BCUT2D eigenvalue weighted by molar-refractivity contribution is 0.0678. The minimum absolute atomic E-state index is 0.0439. The molecule has 1 fully saturated rings. The number of aromatic amines is 1. The van der Waals surface area contributed by atoms with E-state index in [2.05, 4.69) is 4.98 Å². The number of benzene rings is 1. The minimum atomic E-state index is -0.299. The minimum Gasteiger partial charge on any atom is -0.445 e. The maximum atomic E-state index is 12.5. The van der Waals surface area contributed by atoms with E-state index in [-0.39, 0.29) is 24.3 Å². The average molecular weight is 326 g/mol. The first kappa shape index (κ1) is 16.3. The second-order valence-corrected chi connectivity index (χ2v) is 6.19. The fraction of sp³-hybridized carbons (Fsp3) is 0.368. The number of nitrogens with one attached hydrogen (secondary N) is 1. The van der Waals surface area contributed by atoms with Gasteiger partial charge in [-0.05, 0) is 43.4 Å². The van der Waals surface area contributed by atoms with Crippen LogP contribution in [0.15, 0.2) is 47.4 Å². The number of rotatable bonds is 3. The molecule has 1 aromatic heterocycles. The Morgan fingerprint density at radius 3 is 2.83 bits per heavy atom. The van der Waals surface area contributed by atoms with Crippen LogP contribution in [0.1, 0.15) is 42.0 Å². The van der Waals surface area contributed by atoms with Crippen molar-refractivity contribution >= 4 is 6.09 Å². The van der Waals surface area contributed by atoms with Crippen LogP contribution in [0.5, 0.6) is 0 Å². The van der Waals surface area contributed by atoms with Gasteiger partial charge in [-0.2, -0.15) is 0 Å². The largest absolute Gasteiger partial charge is 0.445 e. The summed E-state index contributed by atoms with van der Waals surface area (Å²) in [5.74, 6) is 0. The Balaban J connectivity index is 1.72. The molecule has 0 aliphatic carbocycles. The van der Waals surface area contributed by atoms with Crippen molar-refractivity contribution in [2.24, 2.45) is 0 Å². The fourth-order valence-electron chi connectivity index (χ4n) is 3.11. The van der Waals surface area contributed by atoms with Crippen molar-refractivity contribution in [3.63, 3.8) is 0 Å². The zero-order valence-electron chi connectivity index (χ0n) is 13.8. The van der Waals surface area contributed by atoms with Crippen LogP contribution in [-0.4, -0.2) is 22.5 Å². The summed E-state index contributed by atoms with van der Waals surface area (Å²) in [4.78, 5) is 28.6. The normalized spacial score (nSPS) is 17.5. The van der Waals surface area contributed by atoms with Crippen molar-refractivity contribution in [3.05, 3.63) is 69.6 Å². The molecule has 2 aromatic rings. The molecule has 1 saturated heterocycles. The highest BCUT2D eigenvalue weighted by atomic mass is 16.6. The van der Waals surface area contributed by atoms with Gasteiger partial charge in [-0.25, -0.2) is 4.79 Å². The predicted octanol–water partition coefficient (Wildman–Crippen LogP) is 3.55. The second-order valence-electron chi connectivity index (χ2n) is 6.19. The molecule has 1 N–H and O–H groups in total. The van der Waals surface area contributed by atoms with Crippen molar-refractivity contribution in [2.75, 3.05) is 6.54 Å². The van der Waals surface area contributed by atoms with E-state index >= 15 is 0 Å². The number of aromatic nitrogens is 1. The summed E-state index contributed by atoms with van der Waals surface area (Å²) in [5, 5.41) is 0. The summed E-state index contributed by atoms with van der Waals surface area (Å²) in [6.07, 6.45) is 4.33. The van der Waals surface area contributed by atoms with Crippen molar-refractivity contribution in [2.45, 2.75) is 38.8 Å². The van der Waals surface area contributed by atoms with Gasteiger partial charge in [0.2, 0.25) is 0 Å².